The van der Waals surface area contributed by atoms with Crippen LogP contribution in [0.1, 0.15) is 19.8 Å². The summed E-state index contributed by atoms with van der Waals surface area (Å²) in [5.41, 5.74) is -0.495. The SMILES string of the molecule is CC(=O)CCOCC1(CCO)N=N1. The van der Waals surface area contributed by atoms with E-state index >= 15 is 0 Å². The maximum atomic E-state index is 10.5. The fourth-order valence-electron chi connectivity index (χ4n) is 0.931. The van der Waals surface area contributed by atoms with Crippen LogP contribution in [0.5, 0.6) is 0 Å². The Kier molecular flexibility index (Phi) is 3.50. The number of carbonyl (C=O) groups excluding carboxylic acids is 1. The first-order chi connectivity index (χ1) is 6.18. The second-order valence-electron chi connectivity index (χ2n) is 3.16. The lowest BCUT2D eigenvalue weighted by atomic mass is 10.2. The second kappa shape index (κ2) is 4.43. The maximum absolute atomic E-state index is 10.5. The van der Waals surface area contributed by atoms with Crippen LogP contribution in [0.2, 0.25) is 0 Å². The third kappa shape index (κ3) is 3.61. The van der Waals surface area contributed by atoms with Crippen molar-refractivity contribution in [3.05, 3.63) is 0 Å². The average Bonchev–Trinajstić information content (AvgIpc) is 2.80. The summed E-state index contributed by atoms with van der Waals surface area (Å²) in [5.74, 6) is 0.112. The Bertz CT molecular complexity index is 209. The molecule has 0 aromatic rings. The summed E-state index contributed by atoms with van der Waals surface area (Å²) in [4.78, 5) is 10.5. The third-order valence-electron chi connectivity index (χ3n) is 1.83. The van der Waals surface area contributed by atoms with Gasteiger partial charge in [0.25, 0.3) is 0 Å². The summed E-state index contributed by atoms with van der Waals surface area (Å²) in [5, 5.41) is 16.2. The maximum Gasteiger partial charge on any atom is 0.216 e. The highest BCUT2D eigenvalue weighted by molar-refractivity contribution is 5.75. The molecule has 74 valence electrons. The van der Waals surface area contributed by atoms with Gasteiger partial charge < -0.3 is 9.84 Å². The predicted octanol–water partition coefficient (Wildman–Crippen LogP) is 0.527. The molecule has 0 aromatic heterocycles. The van der Waals surface area contributed by atoms with E-state index in [1.54, 1.807) is 0 Å². The highest BCUT2D eigenvalue weighted by Gasteiger charge is 2.39. The number of ether oxygens (including phenoxy) is 1. The van der Waals surface area contributed by atoms with Crippen LogP contribution in [0.3, 0.4) is 0 Å². The molecule has 0 aliphatic carbocycles. The van der Waals surface area contributed by atoms with Crippen molar-refractivity contribution in [1.29, 1.82) is 0 Å². The molecular formula is C8H14N2O3. The summed E-state index contributed by atoms with van der Waals surface area (Å²) in [7, 11) is 0. The zero-order valence-electron chi connectivity index (χ0n) is 7.69. The van der Waals surface area contributed by atoms with E-state index in [1.807, 2.05) is 0 Å². The molecule has 1 rings (SSSR count). The van der Waals surface area contributed by atoms with Gasteiger partial charge in [0.2, 0.25) is 5.66 Å². The number of rotatable bonds is 7. The van der Waals surface area contributed by atoms with Gasteiger partial charge in [0.15, 0.2) is 0 Å². The number of carbonyl (C=O) groups is 1. The number of Topliss-reactive ketones (excluding diaryl/α,β-unsaturated/α-hetero) is 1. The topological polar surface area (TPSA) is 71.2 Å². The smallest absolute Gasteiger partial charge is 0.216 e. The van der Waals surface area contributed by atoms with Crippen LogP contribution in [-0.4, -0.2) is 36.4 Å². The van der Waals surface area contributed by atoms with Crippen LogP contribution in [0.4, 0.5) is 0 Å². The monoisotopic (exact) mass is 186 g/mol. The first kappa shape index (κ1) is 10.3. The fourth-order valence-corrected chi connectivity index (χ4v) is 0.931. The molecule has 0 amide bonds. The van der Waals surface area contributed by atoms with E-state index in [2.05, 4.69) is 10.2 Å². The molecule has 0 fully saturated rings. The van der Waals surface area contributed by atoms with E-state index in [-0.39, 0.29) is 12.4 Å². The molecule has 0 unspecified atom stereocenters. The average molecular weight is 186 g/mol. The molecule has 13 heavy (non-hydrogen) atoms. The fraction of sp³-hybridized carbons (Fsp3) is 0.875. The molecule has 5 heteroatoms. The van der Waals surface area contributed by atoms with Crippen molar-refractivity contribution < 1.29 is 14.6 Å². The first-order valence-electron chi connectivity index (χ1n) is 4.31. The van der Waals surface area contributed by atoms with Gasteiger partial charge in [0, 0.05) is 19.4 Å². The molecule has 1 N–H and O–H groups in total. The molecule has 5 nitrogen and oxygen atoms in total. The zero-order chi connectivity index (χ0) is 9.73. The first-order valence-corrected chi connectivity index (χ1v) is 4.31. The summed E-state index contributed by atoms with van der Waals surface area (Å²) >= 11 is 0. The summed E-state index contributed by atoms with van der Waals surface area (Å²) < 4.78 is 5.20. The minimum absolute atomic E-state index is 0.0586. The van der Waals surface area contributed by atoms with E-state index in [0.717, 1.165) is 0 Å². The number of hydrogen-bond donors (Lipinski definition) is 1. The van der Waals surface area contributed by atoms with Crippen molar-refractivity contribution in [2.45, 2.75) is 25.4 Å². The number of nitrogens with zero attached hydrogens (tertiary/aromatic N) is 2. The van der Waals surface area contributed by atoms with Gasteiger partial charge in [0.05, 0.1) is 13.2 Å². The van der Waals surface area contributed by atoms with Crippen LogP contribution >= 0.6 is 0 Å². The quantitative estimate of drug-likeness (QED) is 0.589. The van der Waals surface area contributed by atoms with Gasteiger partial charge in [-0.05, 0) is 6.92 Å². The van der Waals surface area contributed by atoms with Crippen molar-refractivity contribution in [1.82, 2.24) is 0 Å². The van der Waals surface area contributed by atoms with Crippen molar-refractivity contribution in [3.8, 4) is 0 Å². The molecule has 1 aliphatic heterocycles. The van der Waals surface area contributed by atoms with E-state index in [9.17, 15) is 4.79 Å². The van der Waals surface area contributed by atoms with Gasteiger partial charge in [0.1, 0.15) is 5.78 Å². The van der Waals surface area contributed by atoms with Gasteiger partial charge in [-0.1, -0.05) is 0 Å². The molecule has 0 aromatic carbocycles. The molecule has 1 heterocycles. The van der Waals surface area contributed by atoms with Crippen LogP contribution < -0.4 is 0 Å². The number of aliphatic hydroxyl groups excluding tert-OH is 1. The van der Waals surface area contributed by atoms with Crippen molar-refractivity contribution >= 4 is 5.78 Å². The van der Waals surface area contributed by atoms with Crippen molar-refractivity contribution in [2.24, 2.45) is 10.2 Å². The van der Waals surface area contributed by atoms with Crippen LogP contribution in [0, 0.1) is 0 Å². The lowest BCUT2D eigenvalue weighted by Crippen LogP contribution is -2.21. The standard InChI is InChI=1S/C8H14N2O3/c1-7(12)2-5-13-6-8(3-4-11)9-10-8/h11H,2-6H2,1H3. The number of aliphatic hydroxyl groups is 1. The molecule has 0 atom stereocenters. The number of ketones is 1. The summed E-state index contributed by atoms with van der Waals surface area (Å²) in [6.07, 6.45) is 0.933. The van der Waals surface area contributed by atoms with E-state index in [0.29, 0.717) is 26.1 Å². The van der Waals surface area contributed by atoms with Gasteiger partial charge in [-0.3, -0.25) is 4.79 Å². The highest BCUT2D eigenvalue weighted by atomic mass is 16.5. The van der Waals surface area contributed by atoms with Crippen molar-refractivity contribution in [2.75, 3.05) is 19.8 Å². The third-order valence-corrected chi connectivity index (χ3v) is 1.83. The van der Waals surface area contributed by atoms with E-state index in [1.165, 1.54) is 6.92 Å². The highest BCUT2D eigenvalue weighted by Crippen LogP contribution is 2.31. The lowest BCUT2D eigenvalue weighted by molar-refractivity contribution is -0.118. The normalized spacial score (nSPS) is 17.4. The van der Waals surface area contributed by atoms with Crippen LogP contribution in [0.25, 0.3) is 0 Å². The van der Waals surface area contributed by atoms with E-state index in [4.69, 9.17) is 9.84 Å². The molecule has 1 aliphatic rings. The molecule has 0 bridgehead atoms. The van der Waals surface area contributed by atoms with Gasteiger partial charge in [-0.15, -0.1) is 0 Å². The zero-order valence-corrected chi connectivity index (χ0v) is 7.69. The van der Waals surface area contributed by atoms with E-state index < -0.39 is 5.66 Å². The summed E-state index contributed by atoms with van der Waals surface area (Å²) in [6, 6.07) is 0. The Labute approximate surface area is 76.8 Å². The Balaban J connectivity index is 2.02. The van der Waals surface area contributed by atoms with Gasteiger partial charge in [-0.25, -0.2) is 0 Å². The minimum Gasteiger partial charge on any atom is -0.396 e. The largest absolute Gasteiger partial charge is 0.396 e. The second-order valence-corrected chi connectivity index (χ2v) is 3.16. The minimum atomic E-state index is -0.495. The number of hydrogen-bond acceptors (Lipinski definition) is 5. The molecule has 0 saturated heterocycles. The van der Waals surface area contributed by atoms with Crippen LogP contribution in [0.15, 0.2) is 10.2 Å². The Morgan fingerprint density at radius 2 is 2.23 bits per heavy atom. The molecule has 0 saturated carbocycles. The van der Waals surface area contributed by atoms with Crippen molar-refractivity contribution in [3.63, 3.8) is 0 Å². The van der Waals surface area contributed by atoms with Crippen LogP contribution in [-0.2, 0) is 9.53 Å². The van der Waals surface area contributed by atoms with Gasteiger partial charge >= 0.3 is 0 Å². The summed E-state index contributed by atoms with van der Waals surface area (Å²) in [6.45, 7) is 2.37. The molecular weight excluding hydrogens is 172 g/mol. The Morgan fingerprint density at radius 1 is 1.54 bits per heavy atom. The molecule has 0 spiro atoms. The predicted molar refractivity (Wildman–Crippen MR) is 45.4 cm³/mol. The molecule has 0 radical (unpaired) electrons. The lowest BCUT2D eigenvalue weighted by Gasteiger charge is -2.08. The Morgan fingerprint density at radius 3 is 2.69 bits per heavy atom. The Hall–Kier alpha value is -0.810. The van der Waals surface area contributed by atoms with Gasteiger partial charge in [-0.2, -0.15) is 10.2 Å².